The van der Waals surface area contributed by atoms with Gasteiger partial charge in [0.05, 0.1) is 18.0 Å². The Labute approximate surface area is 233 Å². The lowest BCUT2D eigenvalue weighted by Crippen LogP contribution is -2.52. The molecule has 7 nitrogen and oxygen atoms in total. The van der Waals surface area contributed by atoms with Crippen LogP contribution in [0.2, 0.25) is 0 Å². The van der Waals surface area contributed by atoms with Gasteiger partial charge in [-0.3, -0.25) is 14.1 Å². The lowest BCUT2D eigenvalue weighted by atomic mass is 9.93. The van der Waals surface area contributed by atoms with Crippen molar-refractivity contribution in [2.75, 3.05) is 44.8 Å². The smallest absolute Gasteiger partial charge is 0.258 e. The van der Waals surface area contributed by atoms with Crippen molar-refractivity contribution in [1.29, 1.82) is 0 Å². The average Bonchev–Trinajstić information content (AvgIpc) is 2.92. The summed E-state index contributed by atoms with van der Waals surface area (Å²) >= 11 is 0. The molecule has 0 amide bonds. The maximum Gasteiger partial charge on any atom is 0.258 e. The van der Waals surface area contributed by atoms with Crippen LogP contribution in [0.4, 0.5) is 5.69 Å². The molecule has 4 rings (SSSR count). The van der Waals surface area contributed by atoms with Gasteiger partial charge >= 0.3 is 0 Å². The van der Waals surface area contributed by atoms with Gasteiger partial charge in [0.1, 0.15) is 5.65 Å². The number of ether oxygens (including phenoxy) is 1. The van der Waals surface area contributed by atoms with Gasteiger partial charge in [-0.15, -0.1) is 0 Å². The molecule has 0 saturated carbocycles. The summed E-state index contributed by atoms with van der Waals surface area (Å²) in [5.41, 5.74) is 6.63. The molecule has 39 heavy (non-hydrogen) atoms. The van der Waals surface area contributed by atoms with Gasteiger partial charge in [0.15, 0.2) is 0 Å². The lowest BCUT2D eigenvalue weighted by molar-refractivity contribution is 0.117. The number of hydrogen-bond donors (Lipinski definition) is 0. The lowest BCUT2D eigenvalue weighted by Gasteiger charge is -2.40. The molecule has 2 aliphatic heterocycles. The zero-order chi connectivity index (χ0) is 28.3. The van der Waals surface area contributed by atoms with E-state index in [9.17, 15) is 4.79 Å². The SMILES string of the molecule is C=C1C(C(C)C)=CC(c2cc(=O)n3cc(N4CCN(CCOC)C(C)C4)ccc3n2)=CN1/C=C(/C)C(C)CC. The Hall–Kier alpha value is -3.16. The fourth-order valence-corrected chi connectivity index (χ4v) is 5.29. The normalized spacial score (nSPS) is 20.1. The molecule has 2 atom stereocenters. The summed E-state index contributed by atoms with van der Waals surface area (Å²) in [6, 6.07) is 6.11. The number of fused-ring (bicyclic) bond motifs is 1. The van der Waals surface area contributed by atoms with Gasteiger partial charge in [0.25, 0.3) is 5.56 Å². The first-order valence-corrected chi connectivity index (χ1v) is 14.2. The number of allylic oxidation sites excluding steroid dienone is 4. The molecule has 1 saturated heterocycles. The molecular formula is C32H45N5O2. The highest BCUT2D eigenvalue weighted by molar-refractivity contribution is 5.76. The highest BCUT2D eigenvalue weighted by Crippen LogP contribution is 2.33. The average molecular weight is 532 g/mol. The molecule has 0 radical (unpaired) electrons. The first-order chi connectivity index (χ1) is 18.6. The van der Waals surface area contributed by atoms with Gasteiger partial charge in [-0.05, 0) is 55.9 Å². The molecule has 210 valence electrons. The Morgan fingerprint density at radius 2 is 2.03 bits per heavy atom. The summed E-state index contributed by atoms with van der Waals surface area (Å²) in [6.45, 7) is 22.1. The van der Waals surface area contributed by atoms with Crippen molar-refractivity contribution in [3.63, 3.8) is 0 Å². The van der Waals surface area contributed by atoms with Crippen LogP contribution in [0.5, 0.6) is 0 Å². The van der Waals surface area contributed by atoms with Crippen LogP contribution in [0.15, 0.2) is 71.1 Å². The van der Waals surface area contributed by atoms with Crippen molar-refractivity contribution in [2.24, 2.45) is 11.8 Å². The maximum atomic E-state index is 13.4. The first kappa shape index (κ1) is 28.8. The summed E-state index contributed by atoms with van der Waals surface area (Å²) in [4.78, 5) is 25.2. The van der Waals surface area contributed by atoms with Crippen LogP contribution in [0.25, 0.3) is 11.2 Å². The van der Waals surface area contributed by atoms with E-state index in [4.69, 9.17) is 9.72 Å². The van der Waals surface area contributed by atoms with Crippen LogP contribution in [-0.2, 0) is 4.74 Å². The van der Waals surface area contributed by atoms with Crippen LogP contribution in [0, 0.1) is 11.8 Å². The van der Waals surface area contributed by atoms with E-state index in [0.29, 0.717) is 29.2 Å². The van der Waals surface area contributed by atoms with Gasteiger partial charge in [-0.25, -0.2) is 4.98 Å². The summed E-state index contributed by atoms with van der Waals surface area (Å²) in [6.07, 6.45) is 9.37. The minimum atomic E-state index is -0.0775. The Morgan fingerprint density at radius 3 is 2.69 bits per heavy atom. The monoisotopic (exact) mass is 531 g/mol. The van der Waals surface area contributed by atoms with E-state index < -0.39 is 0 Å². The molecule has 0 aliphatic carbocycles. The minimum Gasteiger partial charge on any atom is -0.383 e. The molecule has 2 aromatic rings. The van der Waals surface area contributed by atoms with E-state index >= 15 is 0 Å². The second-order valence-electron chi connectivity index (χ2n) is 11.3. The van der Waals surface area contributed by atoms with Crippen molar-refractivity contribution in [1.82, 2.24) is 19.2 Å². The quantitative estimate of drug-likeness (QED) is 0.423. The summed E-state index contributed by atoms with van der Waals surface area (Å²) in [5.74, 6) is 0.777. The molecule has 0 bridgehead atoms. The molecule has 2 aliphatic rings. The van der Waals surface area contributed by atoms with Gasteiger partial charge in [-0.1, -0.05) is 39.8 Å². The molecule has 2 unspecified atom stereocenters. The highest BCUT2D eigenvalue weighted by atomic mass is 16.5. The molecule has 7 heteroatoms. The second kappa shape index (κ2) is 12.3. The third kappa shape index (κ3) is 6.36. The number of pyridine rings is 1. The number of hydrogen-bond acceptors (Lipinski definition) is 6. The van der Waals surface area contributed by atoms with E-state index in [2.05, 4.69) is 87.4 Å². The van der Waals surface area contributed by atoms with Crippen LogP contribution in [-0.4, -0.2) is 65.1 Å². The number of methoxy groups -OCH3 is 1. The Morgan fingerprint density at radius 1 is 1.26 bits per heavy atom. The van der Waals surface area contributed by atoms with Crippen molar-refractivity contribution >= 4 is 16.9 Å². The third-order valence-corrected chi connectivity index (χ3v) is 8.24. The minimum absolute atomic E-state index is 0.0775. The Balaban J connectivity index is 1.65. The van der Waals surface area contributed by atoms with Crippen molar-refractivity contribution in [3.05, 3.63) is 82.3 Å². The van der Waals surface area contributed by atoms with E-state index in [1.54, 1.807) is 17.6 Å². The van der Waals surface area contributed by atoms with Gasteiger partial charge in [-0.2, -0.15) is 0 Å². The number of aromatic nitrogens is 2. The predicted molar refractivity (Wildman–Crippen MR) is 162 cm³/mol. The second-order valence-corrected chi connectivity index (χ2v) is 11.3. The molecule has 4 heterocycles. The van der Waals surface area contributed by atoms with Crippen LogP contribution in [0.3, 0.4) is 0 Å². The number of rotatable bonds is 9. The molecule has 0 aromatic carbocycles. The molecule has 0 N–H and O–H groups in total. The molecule has 0 spiro atoms. The summed E-state index contributed by atoms with van der Waals surface area (Å²) in [7, 11) is 1.75. The summed E-state index contributed by atoms with van der Waals surface area (Å²) in [5, 5.41) is 0. The van der Waals surface area contributed by atoms with E-state index in [1.807, 2.05) is 12.3 Å². The van der Waals surface area contributed by atoms with Crippen LogP contribution < -0.4 is 10.5 Å². The number of anilines is 1. The fourth-order valence-electron chi connectivity index (χ4n) is 5.29. The summed E-state index contributed by atoms with van der Waals surface area (Å²) < 4.78 is 6.93. The predicted octanol–water partition coefficient (Wildman–Crippen LogP) is 5.55. The molecule has 1 fully saturated rings. The zero-order valence-corrected chi connectivity index (χ0v) is 24.8. The first-order valence-electron chi connectivity index (χ1n) is 14.2. The van der Waals surface area contributed by atoms with Crippen molar-refractivity contribution in [2.45, 2.75) is 54.0 Å². The standard InChI is InChI=1S/C32H45N5O2/c1-9-23(4)24(5)18-36-20-27(16-29(22(2)3)26(36)7)30-17-32(38)37-21-28(10-11-31(37)33-30)35-13-12-34(14-15-39-8)25(6)19-35/h10-11,16-18,20-23,25H,7,9,12-15,19H2,1-6,8H3/b24-18-. The van der Waals surface area contributed by atoms with Gasteiger partial charge < -0.3 is 14.5 Å². The number of nitrogens with zero attached hydrogens (tertiary/aromatic N) is 5. The van der Waals surface area contributed by atoms with E-state index in [1.165, 1.54) is 5.57 Å². The molecular weight excluding hydrogens is 486 g/mol. The molecule has 2 aromatic heterocycles. The van der Waals surface area contributed by atoms with E-state index in [-0.39, 0.29) is 5.56 Å². The fraction of sp³-hybridized carbons (Fsp3) is 0.500. The van der Waals surface area contributed by atoms with Crippen LogP contribution >= 0.6 is 0 Å². The van der Waals surface area contributed by atoms with Crippen molar-refractivity contribution in [3.8, 4) is 0 Å². The number of piperazine rings is 1. The van der Waals surface area contributed by atoms with Crippen LogP contribution in [0.1, 0.15) is 53.7 Å². The van der Waals surface area contributed by atoms with Gasteiger partial charge in [0.2, 0.25) is 0 Å². The zero-order valence-electron chi connectivity index (χ0n) is 24.8. The van der Waals surface area contributed by atoms with Gasteiger partial charge in [0, 0.05) is 75.3 Å². The largest absolute Gasteiger partial charge is 0.383 e. The van der Waals surface area contributed by atoms with E-state index in [0.717, 1.165) is 61.7 Å². The van der Waals surface area contributed by atoms with Crippen molar-refractivity contribution < 1.29 is 4.74 Å². The maximum absolute atomic E-state index is 13.4. The topological polar surface area (TPSA) is 53.3 Å². The Kier molecular flexibility index (Phi) is 9.13. The Bertz CT molecular complexity index is 1350. The highest BCUT2D eigenvalue weighted by Gasteiger charge is 2.24. The third-order valence-electron chi connectivity index (χ3n) is 8.24.